The van der Waals surface area contributed by atoms with E-state index in [0.717, 1.165) is 26.1 Å². The highest BCUT2D eigenvalue weighted by atomic mass is 16.5. The number of aromatic nitrogens is 2. The average molecular weight is 286 g/mol. The highest BCUT2D eigenvalue weighted by Gasteiger charge is 2.13. The molecule has 1 N–H and O–H groups in total. The van der Waals surface area contributed by atoms with Crippen LogP contribution >= 0.6 is 0 Å². The maximum Gasteiger partial charge on any atom is 0.227 e. The van der Waals surface area contributed by atoms with Crippen LogP contribution in [0.3, 0.4) is 0 Å². The van der Waals surface area contributed by atoms with Crippen LogP contribution in [0.25, 0.3) is 0 Å². The van der Waals surface area contributed by atoms with Crippen LogP contribution < -0.4 is 10.2 Å². The van der Waals surface area contributed by atoms with Gasteiger partial charge in [0.15, 0.2) is 5.82 Å². The van der Waals surface area contributed by atoms with Crippen LogP contribution in [0, 0.1) is 6.92 Å². The summed E-state index contributed by atoms with van der Waals surface area (Å²) in [5, 5.41) is 7.23. The van der Waals surface area contributed by atoms with Crippen LogP contribution in [0.5, 0.6) is 0 Å². The molecule has 0 spiro atoms. The highest BCUT2D eigenvalue weighted by molar-refractivity contribution is 5.56. The number of hydrogen-bond acceptors (Lipinski definition) is 5. The van der Waals surface area contributed by atoms with E-state index in [1.54, 1.807) is 0 Å². The van der Waals surface area contributed by atoms with Crippen molar-refractivity contribution in [3.8, 4) is 0 Å². The third kappa shape index (κ3) is 3.42. The molecule has 5 heteroatoms. The maximum atomic E-state index is 5.10. The molecule has 5 nitrogen and oxygen atoms in total. The van der Waals surface area contributed by atoms with Crippen molar-refractivity contribution >= 4 is 5.69 Å². The lowest BCUT2D eigenvalue weighted by molar-refractivity contribution is 0.372. The summed E-state index contributed by atoms with van der Waals surface area (Å²) >= 11 is 0. The molecule has 1 aliphatic heterocycles. The van der Waals surface area contributed by atoms with Gasteiger partial charge in [-0.15, -0.1) is 0 Å². The molecule has 0 radical (unpaired) electrons. The molecule has 1 aromatic carbocycles. The Kier molecular flexibility index (Phi) is 4.20. The largest absolute Gasteiger partial charge is 0.374 e. The first kappa shape index (κ1) is 14.1. The Hall–Kier alpha value is -1.88. The number of hydrogen-bond donors (Lipinski definition) is 1. The first-order valence-corrected chi connectivity index (χ1v) is 7.55. The molecule has 21 heavy (non-hydrogen) atoms. The standard InChI is InChI=1S/C16H22N4O/c1-12-18-16(21-19-12)7-8-17-11-13-5-6-15-14(10-13)4-3-9-20(15)2/h5-6,10,17H,3-4,7-9,11H2,1-2H3. The molecule has 0 atom stereocenters. The third-order valence-corrected chi connectivity index (χ3v) is 3.91. The first-order chi connectivity index (χ1) is 10.2. The second kappa shape index (κ2) is 6.26. The molecular weight excluding hydrogens is 264 g/mol. The Bertz CT molecular complexity index is 608. The number of nitrogens with zero attached hydrogens (tertiary/aromatic N) is 3. The smallest absolute Gasteiger partial charge is 0.227 e. The predicted molar refractivity (Wildman–Crippen MR) is 82.5 cm³/mol. The summed E-state index contributed by atoms with van der Waals surface area (Å²) in [6.07, 6.45) is 3.21. The molecular formula is C16H22N4O. The molecule has 0 aliphatic carbocycles. The zero-order chi connectivity index (χ0) is 14.7. The second-order valence-corrected chi connectivity index (χ2v) is 5.65. The van der Waals surface area contributed by atoms with E-state index in [1.807, 2.05) is 6.92 Å². The molecule has 3 rings (SSSR count). The highest BCUT2D eigenvalue weighted by Crippen LogP contribution is 2.26. The van der Waals surface area contributed by atoms with Crippen LogP contribution in [0.1, 0.15) is 29.3 Å². The van der Waals surface area contributed by atoms with Gasteiger partial charge in [0.1, 0.15) is 0 Å². The molecule has 0 unspecified atom stereocenters. The van der Waals surface area contributed by atoms with Gasteiger partial charge >= 0.3 is 0 Å². The monoisotopic (exact) mass is 286 g/mol. The molecule has 0 bridgehead atoms. The van der Waals surface area contributed by atoms with Crippen molar-refractivity contribution in [3.05, 3.63) is 41.0 Å². The minimum atomic E-state index is 0.698. The van der Waals surface area contributed by atoms with Gasteiger partial charge in [-0.25, -0.2) is 0 Å². The van der Waals surface area contributed by atoms with Gasteiger partial charge < -0.3 is 14.7 Å². The van der Waals surface area contributed by atoms with E-state index in [1.165, 1.54) is 29.7 Å². The van der Waals surface area contributed by atoms with E-state index in [-0.39, 0.29) is 0 Å². The summed E-state index contributed by atoms with van der Waals surface area (Å²) in [4.78, 5) is 6.54. The number of benzene rings is 1. The van der Waals surface area contributed by atoms with Crippen molar-refractivity contribution in [2.75, 3.05) is 25.0 Å². The summed E-state index contributed by atoms with van der Waals surface area (Å²) in [6, 6.07) is 6.78. The molecule has 1 aromatic heterocycles. The Morgan fingerprint density at radius 1 is 1.38 bits per heavy atom. The number of aryl methyl sites for hydroxylation is 2. The van der Waals surface area contributed by atoms with Gasteiger partial charge in [0.2, 0.25) is 5.89 Å². The summed E-state index contributed by atoms with van der Waals surface area (Å²) in [5.74, 6) is 1.40. The fourth-order valence-corrected chi connectivity index (χ4v) is 2.82. The topological polar surface area (TPSA) is 54.2 Å². The number of fused-ring (bicyclic) bond motifs is 1. The molecule has 2 heterocycles. The second-order valence-electron chi connectivity index (χ2n) is 5.65. The average Bonchev–Trinajstić information content (AvgIpc) is 2.89. The SMILES string of the molecule is Cc1noc(CCNCc2ccc3c(c2)CCCN3C)n1. The normalized spacial score (nSPS) is 14.3. The number of nitrogens with one attached hydrogen (secondary N) is 1. The van der Waals surface area contributed by atoms with E-state index in [0.29, 0.717) is 11.7 Å². The van der Waals surface area contributed by atoms with Crippen molar-refractivity contribution in [1.82, 2.24) is 15.5 Å². The van der Waals surface area contributed by atoms with Gasteiger partial charge in [-0.1, -0.05) is 17.3 Å². The van der Waals surface area contributed by atoms with Gasteiger partial charge in [-0.05, 0) is 37.0 Å². The maximum absolute atomic E-state index is 5.10. The van der Waals surface area contributed by atoms with Gasteiger partial charge in [0, 0.05) is 38.8 Å². The third-order valence-electron chi connectivity index (χ3n) is 3.91. The van der Waals surface area contributed by atoms with Crippen LogP contribution in [0.2, 0.25) is 0 Å². The van der Waals surface area contributed by atoms with Gasteiger partial charge in [-0.2, -0.15) is 4.98 Å². The van der Waals surface area contributed by atoms with Crippen molar-refractivity contribution in [3.63, 3.8) is 0 Å². The van der Waals surface area contributed by atoms with Crippen LogP contribution in [-0.4, -0.2) is 30.3 Å². The van der Waals surface area contributed by atoms with E-state index >= 15 is 0 Å². The summed E-state index contributed by atoms with van der Waals surface area (Å²) in [7, 11) is 2.17. The molecule has 0 saturated carbocycles. The molecule has 0 fully saturated rings. The minimum absolute atomic E-state index is 0.698. The van der Waals surface area contributed by atoms with E-state index in [9.17, 15) is 0 Å². The Morgan fingerprint density at radius 3 is 3.10 bits per heavy atom. The van der Waals surface area contributed by atoms with Crippen molar-refractivity contribution in [2.45, 2.75) is 32.7 Å². The van der Waals surface area contributed by atoms with E-state index < -0.39 is 0 Å². The van der Waals surface area contributed by atoms with E-state index in [2.05, 4.69) is 45.6 Å². The lowest BCUT2D eigenvalue weighted by Gasteiger charge is -2.27. The lowest BCUT2D eigenvalue weighted by atomic mass is 9.99. The Balaban J connectivity index is 1.51. The predicted octanol–water partition coefficient (Wildman–Crippen LogP) is 2.09. The molecule has 2 aromatic rings. The first-order valence-electron chi connectivity index (χ1n) is 7.55. The van der Waals surface area contributed by atoms with Crippen molar-refractivity contribution in [2.24, 2.45) is 0 Å². The van der Waals surface area contributed by atoms with Crippen LogP contribution in [-0.2, 0) is 19.4 Å². The summed E-state index contributed by atoms with van der Waals surface area (Å²) in [5.41, 5.74) is 4.19. The van der Waals surface area contributed by atoms with Gasteiger partial charge in [-0.3, -0.25) is 0 Å². The molecule has 112 valence electrons. The van der Waals surface area contributed by atoms with E-state index in [4.69, 9.17) is 4.52 Å². The van der Waals surface area contributed by atoms with Crippen LogP contribution in [0.4, 0.5) is 5.69 Å². The fourth-order valence-electron chi connectivity index (χ4n) is 2.82. The van der Waals surface area contributed by atoms with Crippen molar-refractivity contribution in [1.29, 1.82) is 0 Å². The Morgan fingerprint density at radius 2 is 2.29 bits per heavy atom. The van der Waals surface area contributed by atoms with Crippen molar-refractivity contribution < 1.29 is 4.52 Å². The van der Waals surface area contributed by atoms with Crippen LogP contribution in [0.15, 0.2) is 22.7 Å². The summed E-state index contributed by atoms with van der Waals surface area (Å²) in [6.45, 7) is 4.72. The minimum Gasteiger partial charge on any atom is -0.374 e. The van der Waals surface area contributed by atoms with Gasteiger partial charge in [0.25, 0.3) is 0 Å². The zero-order valence-corrected chi connectivity index (χ0v) is 12.7. The summed E-state index contributed by atoms with van der Waals surface area (Å²) < 4.78 is 5.10. The fraction of sp³-hybridized carbons (Fsp3) is 0.500. The van der Waals surface area contributed by atoms with Gasteiger partial charge in [0.05, 0.1) is 0 Å². The lowest BCUT2D eigenvalue weighted by Crippen LogP contribution is -2.25. The Labute approximate surface area is 125 Å². The number of rotatable bonds is 5. The number of anilines is 1. The molecule has 1 aliphatic rings. The quantitative estimate of drug-likeness (QED) is 0.853. The zero-order valence-electron chi connectivity index (χ0n) is 12.7. The molecule has 0 amide bonds. The molecule has 0 saturated heterocycles.